The van der Waals surface area contributed by atoms with Crippen LogP contribution in [-0.2, 0) is 12.8 Å². The van der Waals surface area contributed by atoms with Crippen molar-refractivity contribution in [3.63, 3.8) is 0 Å². The Bertz CT molecular complexity index is 406. The van der Waals surface area contributed by atoms with Crippen molar-refractivity contribution in [3.05, 3.63) is 27.7 Å². The molecule has 1 N–H and O–H groups in total. The van der Waals surface area contributed by atoms with Crippen molar-refractivity contribution < 1.29 is 4.74 Å². The van der Waals surface area contributed by atoms with Gasteiger partial charge >= 0.3 is 0 Å². The van der Waals surface area contributed by atoms with Crippen LogP contribution in [0.4, 0.5) is 0 Å². The summed E-state index contributed by atoms with van der Waals surface area (Å²) in [6, 6.07) is 5.02. The fourth-order valence-corrected chi connectivity index (χ4v) is 3.15. The molecule has 1 heterocycles. The maximum Gasteiger partial charge on any atom is 0.125 e. The van der Waals surface area contributed by atoms with Gasteiger partial charge in [-0.05, 0) is 49.1 Å². The zero-order valence-electron chi connectivity index (χ0n) is 11.3. The molecule has 0 saturated carbocycles. The van der Waals surface area contributed by atoms with Crippen LogP contribution in [0.15, 0.2) is 16.6 Å². The van der Waals surface area contributed by atoms with Crippen LogP contribution in [0.5, 0.6) is 5.75 Å². The molecule has 2 nitrogen and oxygen atoms in total. The van der Waals surface area contributed by atoms with E-state index in [2.05, 4.69) is 47.2 Å². The van der Waals surface area contributed by atoms with Gasteiger partial charge in [-0.25, -0.2) is 0 Å². The Labute approximate surface area is 118 Å². The average Bonchev–Trinajstić information content (AvgIpc) is 2.82. The van der Waals surface area contributed by atoms with Crippen molar-refractivity contribution >= 4 is 15.9 Å². The molecule has 0 amide bonds. The molecule has 0 radical (unpaired) electrons. The molecule has 2 rings (SSSR count). The van der Waals surface area contributed by atoms with Gasteiger partial charge in [0.15, 0.2) is 0 Å². The number of hydrogen-bond acceptors (Lipinski definition) is 2. The van der Waals surface area contributed by atoms with Gasteiger partial charge in [0.2, 0.25) is 0 Å². The van der Waals surface area contributed by atoms with Crippen molar-refractivity contribution in [1.29, 1.82) is 0 Å². The van der Waals surface area contributed by atoms with Crippen LogP contribution in [0.3, 0.4) is 0 Å². The summed E-state index contributed by atoms with van der Waals surface area (Å²) < 4.78 is 6.95. The van der Waals surface area contributed by atoms with E-state index in [1.807, 2.05) is 0 Å². The minimum absolute atomic E-state index is 0.617. The topological polar surface area (TPSA) is 21.3 Å². The van der Waals surface area contributed by atoms with Gasteiger partial charge in [0.05, 0.1) is 6.61 Å². The van der Waals surface area contributed by atoms with Crippen LogP contribution < -0.4 is 10.1 Å². The summed E-state index contributed by atoms with van der Waals surface area (Å²) >= 11 is 3.60. The SMILES string of the molecule is CCNC(CC)CCc1cc(Br)cc2c1OCC2. The molecule has 1 aromatic rings. The molecule has 1 unspecified atom stereocenters. The third-order valence-electron chi connectivity index (χ3n) is 3.57. The maximum atomic E-state index is 5.77. The first kappa shape index (κ1) is 13.9. The van der Waals surface area contributed by atoms with Crippen molar-refractivity contribution in [2.75, 3.05) is 13.2 Å². The smallest absolute Gasteiger partial charge is 0.125 e. The monoisotopic (exact) mass is 311 g/mol. The van der Waals surface area contributed by atoms with Gasteiger partial charge < -0.3 is 10.1 Å². The molecule has 3 heteroatoms. The first-order valence-corrected chi connectivity index (χ1v) is 7.71. The highest BCUT2D eigenvalue weighted by atomic mass is 79.9. The van der Waals surface area contributed by atoms with Crippen molar-refractivity contribution in [1.82, 2.24) is 5.32 Å². The van der Waals surface area contributed by atoms with Crippen molar-refractivity contribution in [2.45, 2.75) is 45.6 Å². The second-order valence-corrected chi connectivity index (χ2v) is 5.77. The molecule has 1 atom stereocenters. The summed E-state index contributed by atoms with van der Waals surface area (Å²) in [4.78, 5) is 0. The van der Waals surface area contributed by atoms with Crippen LogP contribution in [0, 0.1) is 0 Å². The molecule has 18 heavy (non-hydrogen) atoms. The summed E-state index contributed by atoms with van der Waals surface area (Å²) in [7, 11) is 0. The van der Waals surface area contributed by atoms with Crippen LogP contribution >= 0.6 is 15.9 Å². The Balaban J connectivity index is 2.05. The average molecular weight is 312 g/mol. The van der Waals surface area contributed by atoms with Gasteiger partial charge in [0, 0.05) is 16.9 Å². The number of nitrogens with one attached hydrogen (secondary N) is 1. The predicted molar refractivity (Wildman–Crippen MR) is 79.4 cm³/mol. The Morgan fingerprint density at radius 1 is 1.39 bits per heavy atom. The van der Waals surface area contributed by atoms with Crippen LogP contribution in [0.1, 0.15) is 37.8 Å². The highest BCUT2D eigenvalue weighted by Gasteiger charge is 2.18. The minimum Gasteiger partial charge on any atom is -0.493 e. The lowest BCUT2D eigenvalue weighted by Crippen LogP contribution is -2.28. The molecule has 0 aromatic heterocycles. The number of ether oxygens (including phenoxy) is 1. The summed E-state index contributed by atoms with van der Waals surface area (Å²) in [5, 5.41) is 3.53. The fourth-order valence-electron chi connectivity index (χ4n) is 2.60. The number of halogens is 1. The molecule has 0 aliphatic carbocycles. The number of fused-ring (bicyclic) bond motifs is 1. The molecule has 1 aromatic carbocycles. The zero-order chi connectivity index (χ0) is 13.0. The molecular formula is C15H22BrNO. The largest absolute Gasteiger partial charge is 0.493 e. The van der Waals surface area contributed by atoms with Crippen LogP contribution in [-0.4, -0.2) is 19.2 Å². The molecule has 0 fully saturated rings. The summed E-state index contributed by atoms with van der Waals surface area (Å²) in [6.45, 7) is 6.30. The third-order valence-corrected chi connectivity index (χ3v) is 4.03. The second kappa shape index (κ2) is 6.58. The van der Waals surface area contributed by atoms with E-state index in [-0.39, 0.29) is 0 Å². The van der Waals surface area contributed by atoms with E-state index in [1.165, 1.54) is 28.4 Å². The highest BCUT2D eigenvalue weighted by Crippen LogP contribution is 2.33. The molecule has 0 bridgehead atoms. The van der Waals surface area contributed by atoms with Gasteiger partial charge in [-0.1, -0.05) is 29.8 Å². The van der Waals surface area contributed by atoms with Gasteiger partial charge in [-0.2, -0.15) is 0 Å². The minimum atomic E-state index is 0.617. The molecule has 1 aliphatic rings. The number of aryl methyl sites for hydroxylation is 1. The second-order valence-electron chi connectivity index (χ2n) is 4.85. The van der Waals surface area contributed by atoms with E-state index >= 15 is 0 Å². The van der Waals surface area contributed by atoms with Gasteiger partial charge in [-0.15, -0.1) is 0 Å². The normalized spacial score (nSPS) is 15.3. The van der Waals surface area contributed by atoms with E-state index in [0.29, 0.717) is 6.04 Å². The Morgan fingerprint density at radius 3 is 2.94 bits per heavy atom. The summed E-state index contributed by atoms with van der Waals surface area (Å²) in [5.41, 5.74) is 2.71. The van der Waals surface area contributed by atoms with E-state index in [4.69, 9.17) is 4.74 Å². The zero-order valence-corrected chi connectivity index (χ0v) is 12.8. The maximum absolute atomic E-state index is 5.77. The summed E-state index contributed by atoms with van der Waals surface area (Å²) in [6.07, 6.45) is 4.50. The Morgan fingerprint density at radius 2 is 2.22 bits per heavy atom. The molecular weight excluding hydrogens is 290 g/mol. The van der Waals surface area contributed by atoms with Crippen molar-refractivity contribution in [2.24, 2.45) is 0 Å². The van der Waals surface area contributed by atoms with E-state index in [9.17, 15) is 0 Å². The van der Waals surface area contributed by atoms with E-state index in [1.54, 1.807) is 0 Å². The van der Waals surface area contributed by atoms with Crippen LogP contribution in [0.2, 0.25) is 0 Å². The van der Waals surface area contributed by atoms with E-state index < -0.39 is 0 Å². The lowest BCUT2D eigenvalue weighted by Gasteiger charge is -2.16. The Hall–Kier alpha value is -0.540. The lowest BCUT2D eigenvalue weighted by atomic mass is 10.0. The molecule has 0 spiro atoms. The lowest BCUT2D eigenvalue weighted by molar-refractivity contribution is 0.352. The summed E-state index contributed by atoms with van der Waals surface area (Å²) in [5.74, 6) is 1.14. The van der Waals surface area contributed by atoms with Crippen LogP contribution in [0.25, 0.3) is 0 Å². The number of rotatable bonds is 6. The third kappa shape index (κ3) is 3.27. The fraction of sp³-hybridized carbons (Fsp3) is 0.600. The van der Waals surface area contributed by atoms with Gasteiger partial charge in [-0.3, -0.25) is 0 Å². The number of hydrogen-bond donors (Lipinski definition) is 1. The first-order chi connectivity index (χ1) is 8.74. The van der Waals surface area contributed by atoms with E-state index in [0.717, 1.165) is 31.7 Å². The number of benzene rings is 1. The van der Waals surface area contributed by atoms with Gasteiger partial charge in [0.25, 0.3) is 0 Å². The van der Waals surface area contributed by atoms with Crippen molar-refractivity contribution in [3.8, 4) is 5.75 Å². The predicted octanol–water partition coefficient (Wildman–Crippen LogP) is 3.70. The molecule has 0 saturated heterocycles. The highest BCUT2D eigenvalue weighted by molar-refractivity contribution is 9.10. The molecule has 100 valence electrons. The Kier molecular flexibility index (Phi) is 5.07. The quantitative estimate of drug-likeness (QED) is 0.865. The first-order valence-electron chi connectivity index (χ1n) is 6.92. The van der Waals surface area contributed by atoms with Gasteiger partial charge in [0.1, 0.15) is 5.75 Å². The molecule has 1 aliphatic heterocycles. The standard InChI is InChI=1S/C15H22BrNO/c1-3-14(17-4-2)6-5-11-9-13(16)10-12-7-8-18-15(11)12/h9-10,14,17H,3-8H2,1-2H3.